The number of fused-ring (bicyclic) bond motifs is 1. The second-order valence-corrected chi connectivity index (χ2v) is 32.3. The molecule has 43 heavy (non-hydrogen) atoms. The van der Waals surface area contributed by atoms with Crippen LogP contribution in [0, 0.1) is 0 Å². The molecule has 1 fully saturated rings. The summed E-state index contributed by atoms with van der Waals surface area (Å²) < 4.78 is 29.0. The molecule has 6 atom stereocenters. The molecular weight excluding hydrogens is 608 g/mol. The van der Waals surface area contributed by atoms with Crippen LogP contribution < -0.4 is 0 Å². The van der Waals surface area contributed by atoms with E-state index in [-0.39, 0.29) is 57.3 Å². The molecule has 0 spiro atoms. The second-order valence-electron chi connectivity index (χ2n) is 17.6. The van der Waals surface area contributed by atoms with Crippen LogP contribution in [-0.4, -0.2) is 61.3 Å². The topological polar surface area (TPSA) is 54.0 Å². The number of ketones is 1. The highest BCUT2D eigenvalue weighted by Gasteiger charge is 2.58. The van der Waals surface area contributed by atoms with E-state index in [1.54, 1.807) is 0 Å². The lowest BCUT2D eigenvalue weighted by Crippen LogP contribution is -2.56. The van der Waals surface area contributed by atoms with E-state index in [0.717, 1.165) is 11.1 Å². The maximum atomic E-state index is 13.0. The molecule has 0 aromatic heterocycles. The maximum absolute atomic E-state index is 13.0. The molecule has 1 aromatic rings. The van der Waals surface area contributed by atoms with Gasteiger partial charge in [-0.1, -0.05) is 73.9 Å². The van der Waals surface area contributed by atoms with Crippen LogP contribution in [0.1, 0.15) is 104 Å². The minimum absolute atomic E-state index is 0.00413. The minimum atomic E-state index is -2.27. The Morgan fingerprint density at radius 2 is 1.30 bits per heavy atom. The fourth-order valence-corrected chi connectivity index (χ4v) is 9.64. The van der Waals surface area contributed by atoms with Gasteiger partial charge in [-0.25, -0.2) is 0 Å². The van der Waals surface area contributed by atoms with Gasteiger partial charge in [0.25, 0.3) is 0 Å². The first-order valence-corrected chi connectivity index (χ1v) is 25.3. The summed E-state index contributed by atoms with van der Waals surface area (Å²) >= 11 is 6.55. The number of ether oxygens (including phenoxy) is 1. The summed E-state index contributed by atoms with van der Waals surface area (Å²) in [6.45, 7) is 36.5. The number of carbonyl (C=O) groups excluding carboxylic acids is 1. The zero-order valence-corrected chi connectivity index (χ0v) is 33.8. The predicted molar refractivity (Wildman–Crippen MR) is 188 cm³/mol. The van der Waals surface area contributed by atoms with Crippen LogP contribution in [0.2, 0.25) is 59.4 Å². The van der Waals surface area contributed by atoms with Crippen LogP contribution in [0.4, 0.5) is 0 Å². The number of hydrogen-bond donors (Lipinski definition) is 0. The highest BCUT2D eigenvalue weighted by atomic mass is 35.5. The molecule has 0 unspecified atom stereocenters. The summed E-state index contributed by atoms with van der Waals surface area (Å²) in [5.41, 5.74) is 1.73. The quantitative estimate of drug-likeness (QED) is 0.258. The van der Waals surface area contributed by atoms with E-state index in [1.807, 2.05) is 18.2 Å². The lowest BCUT2D eigenvalue weighted by Gasteiger charge is -2.46. The highest BCUT2D eigenvalue weighted by Crippen LogP contribution is 2.49. The van der Waals surface area contributed by atoms with Gasteiger partial charge >= 0.3 is 0 Å². The Labute approximate surface area is 271 Å². The smallest absolute Gasteiger partial charge is 0.192 e. The van der Waals surface area contributed by atoms with E-state index in [9.17, 15) is 4.79 Å². The lowest BCUT2D eigenvalue weighted by atomic mass is 9.77. The third-order valence-electron chi connectivity index (χ3n) is 11.3. The molecule has 2 aliphatic rings. The van der Waals surface area contributed by atoms with Gasteiger partial charge in [0, 0.05) is 22.9 Å². The van der Waals surface area contributed by atoms with Crippen molar-refractivity contribution in [1.82, 2.24) is 0 Å². The molecule has 3 rings (SSSR count). The molecule has 1 saturated heterocycles. The Hall–Kier alpha value is -0.329. The van der Waals surface area contributed by atoms with Crippen molar-refractivity contribution >= 4 is 42.3 Å². The Morgan fingerprint density at radius 1 is 0.814 bits per heavy atom. The molecule has 0 amide bonds. The molecule has 1 aliphatic carbocycles. The largest absolute Gasteiger partial charge is 0.411 e. The molecule has 1 aliphatic heterocycles. The van der Waals surface area contributed by atoms with Crippen LogP contribution in [0.25, 0.3) is 0 Å². The Morgan fingerprint density at radius 3 is 1.79 bits per heavy atom. The molecule has 9 heteroatoms. The first-order chi connectivity index (χ1) is 19.2. The van der Waals surface area contributed by atoms with Crippen molar-refractivity contribution in [3.63, 3.8) is 0 Å². The molecule has 1 heterocycles. The summed E-state index contributed by atoms with van der Waals surface area (Å²) in [6, 6.07) is 5.67. The first kappa shape index (κ1) is 37.1. The molecule has 0 bridgehead atoms. The van der Waals surface area contributed by atoms with Gasteiger partial charge < -0.3 is 18.0 Å². The third kappa shape index (κ3) is 7.80. The molecule has 1 aromatic carbocycles. The number of carbonyl (C=O) groups is 1. The van der Waals surface area contributed by atoms with E-state index < -0.39 is 25.0 Å². The van der Waals surface area contributed by atoms with E-state index in [2.05, 4.69) is 109 Å². The molecular formula is C34H61ClO5Si3. The summed E-state index contributed by atoms with van der Waals surface area (Å²) in [5.74, 6) is 0.139. The standard InChI is InChI=1S/C34H61ClO5Si3/c1-22(38-41(11,12)32(2,3)4)28-30(39-42(13,14)33(5,6)7)31(40-43(15,16)34(8,9)10)29(37-28)25-19-20-27(36)24-18-17-23(35)21-26(24)25/h17-18,21-22,25,28-31H,19-20H2,1-16H3/t22-,25+,28+,29-,30+,31+/m1/s1. The minimum Gasteiger partial charge on any atom is -0.411 e. The van der Waals surface area contributed by atoms with E-state index in [0.29, 0.717) is 17.9 Å². The normalized spacial score (nSPS) is 26.9. The summed E-state index contributed by atoms with van der Waals surface area (Å²) in [7, 11) is -6.63. The van der Waals surface area contributed by atoms with Gasteiger partial charge in [0.2, 0.25) is 0 Å². The van der Waals surface area contributed by atoms with Crippen LogP contribution in [0.3, 0.4) is 0 Å². The molecule has 0 radical (unpaired) electrons. The van der Waals surface area contributed by atoms with E-state index >= 15 is 0 Å². The van der Waals surface area contributed by atoms with Gasteiger partial charge in [-0.15, -0.1) is 0 Å². The SMILES string of the molecule is C[C@@H](O[Si](C)(C)C(C)(C)C)[C@@H]1O[C@H]([C@H]2CCC(=O)c3ccc(Cl)cc32)[C@H](O[Si](C)(C)C(C)(C)C)[C@H]1O[Si](C)(C)C(C)(C)C. The van der Waals surface area contributed by atoms with Gasteiger partial charge in [-0.3, -0.25) is 4.79 Å². The molecule has 0 N–H and O–H groups in total. The van der Waals surface area contributed by atoms with Crippen molar-refractivity contribution in [2.45, 2.75) is 173 Å². The van der Waals surface area contributed by atoms with Gasteiger partial charge in [-0.05, 0) is 91.5 Å². The van der Waals surface area contributed by atoms with Crippen molar-refractivity contribution in [2.24, 2.45) is 0 Å². The van der Waals surface area contributed by atoms with Gasteiger partial charge in [-0.2, -0.15) is 0 Å². The van der Waals surface area contributed by atoms with Crippen molar-refractivity contribution in [1.29, 1.82) is 0 Å². The fraction of sp³-hybridized carbons (Fsp3) is 0.794. The third-order valence-corrected chi connectivity index (χ3v) is 25.1. The first-order valence-electron chi connectivity index (χ1n) is 16.2. The van der Waals surface area contributed by atoms with Crippen molar-refractivity contribution in [2.75, 3.05) is 0 Å². The second kappa shape index (κ2) is 12.4. The van der Waals surface area contributed by atoms with Crippen LogP contribution in [-0.2, 0) is 18.0 Å². The number of rotatable bonds is 8. The van der Waals surface area contributed by atoms with Gasteiger partial charge in [0.1, 0.15) is 12.2 Å². The number of Topliss-reactive ketones (excluding diaryl/α,β-unsaturated/α-hetero) is 1. The number of halogens is 1. The average molecular weight is 670 g/mol. The molecule has 246 valence electrons. The Balaban J connectivity index is 2.20. The van der Waals surface area contributed by atoms with Gasteiger partial charge in [0.05, 0.1) is 18.3 Å². The number of hydrogen-bond acceptors (Lipinski definition) is 5. The zero-order valence-electron chi connectivity index (χ0n) is 30.0. The summed E-state index contributed by atoms with van der Waals surface area (Å²) in [6.07, 6.45) is -0.176. The van der Waals surface area contributed by atoms with Crippen molar-refractivity contribution in [3.8, 4) is 0 Å². The predicted octanol–water partition coefficient (Wildman–Crippen LogP) is 10.4. The van der Waals surface area contributed by atoms with Crippen molar-refractivity contribution < 1.29 is 22.8 Å². The highest BCUT2D eigenvalue weighted by molar-refractivity contribution is 6.75. The van der Waals surface area contributed by atoms with Crippen LogP contribution in [0.5, 0.6) is 0 Å². The van der Waals surface area contributed by atoms with E-state index in [4.69, 9.17) is 29.6 Å². The van der Waals surface area contributed by atoms with Crippen molar-refractivity contribution in [3.05, 3.63) is 34.3 Å². The molecule has 0 saturated carbocycles. The lowest BCUT2D eigenvalue weighted by molar-refractivity contribution is -0.0576. The van der Waals surface area contributed by atoms with Crippen LogP contribution in [0.15, 0.2) is 18.2 Å². The maximum Gasteiger partial charge on any atom is 0.192 e. The molecule has 5 nitrogen and oxygen atoms in total. The Bertz CT molecular complexity index is 1160. The Kier molecular flexibility index (Phi) is 10.7. The zero-order chi connectivity index (χ0) is 33.1. The number of benzene rings is 1. The summed E-state index contributed by atoms with van der Waals surface area (Å²) in [4.78, 5) is 13.0. The average Bonchev–Trinajstić information content (AvgIpc) is 3.13. The van der Waals surface area contributed by atoms with Crippen LogP contribution >= 0.6 is 11.6 Å². The fourth-order valence-electron chi connectivity index (χ4n) is 5.43. The summed E-state index contributed by atoms with van der Waals surface area (Å²) in [5, 5.41) is 0.715. The van der Waals surface area contributed by atoms with E-state index in [1.165, 1.54) is 0 Å². The monoisotopic (exact) mass is 668 g/mol. The van der Waals surface area contributed by atoms with Gasteiger partial charge in [0.15, 0.2) is 30.7 Å².